The summed E-state index contributed by atoms with van der Waals surface area (Å²) < 4.78 is 0. The molecule has 0 bridgehead atoms. The highest BCUT2D eigenvalue weighted by atomic mass is 16.4. The van der Waals surface area contributed by atoms with Gasteiger partial charge in [0.1, 0.15) is 17.7 Å². The Hall–Kier alpha value is -3.20. The zero-order valence-corrected chi connectivity index (χ0v) is 21.4. The highest BCUT2D eigenvalue weighted by Crippen LogP contribution is 2.25. The van der Waals surface area contributed by atoms with E-state index < -0.39 is 12.0 Å². The Kier molecular flexibility index (Phi) is 8.18. The highest BCUT2D eigenvalue weighted by Gasteiger charge is 2.32. The van der Waals surface area contributed by atoms with Crippen LogP contribution < -0.4 is 15.5 Å². The summed E-state index contributed by atoms with van der Waals surface area (Å²) >= 11 is 0. The molecule has 3 aliphatic rings. The molecule has 1 amide bonds. The Balaban J connectivity index is 1.04. The zero-order valence-electron chi connectivity index (χ0n) is 21.4. The number of carbonyl (C=O) groups is 2. The summed E-state index contributed by atoms with van der Waals surface area (Å²) in [6.07, 6.45) is 8.33. The van der Waals surface area contributed by atoms with Crippen LogP contribution in [0.3, 0.4) is 0 Å². The fourth-order valence-electron chi connectivity index (χ4n) is 5.79. The number of amides is 1. The second-order valence-corrected chi connectivity index (χ2v) is 10.6. The molecule has 0 spiro atoms. The third-order valence-corrected chi connectivity index (χ3v) is 8.01. The van der Waals surface area contributed by atoms with Gasteiger partial charge in [0.05, 0.1) is 5.92 Å². The molecule has 0 aromatic carbocycles. The van der Waals surface area contributed by atoms with Crippen molar-refractivity contribution in [3.63, 3.8) is 0 Å². The van der Waals surface area contributed by atoms with Crippen molar-refractivity contribution < 1.29 is 14.7 Å². The fourth-order valence-corrected chi connectivity index (χ4v) is 5.79. The number of nitrogens with zero attached hydrogens (tertiary/aromatic N) is 4. The molecule has 0 aliphatic carbocycles. The van der Waals surface area contributed by atoms with Crippen molar-refractivity contribution in [3.8, 4) is 0 Å². The molecule has 2 aromatic heterocycles. The van der Waals surface area contributed by atoms with Gasteiger partial charge in [0.15, 0.2) is 0 Å². The van der Waals surface area contributed by atoms with Crippen LogP contribution in [0.5, 0.6) is 0 Å². The van der Waals surface area contributed by atoms with Gasteiger partial charge in [0.25, 0.3) is 0 Å². The Morgan fingerprint density at radius 3 is 2.92 bits per heavy atom. The maximum Gasteiger partial charge on any atom is 0.326 e. The first-order valence-electron chi connectivity index (χ1n) is 13.7. The molecule has 3 atom stereocenters. The van der Waals surface area contributed by atoms with E-state index in [1.807, 2.05) is 18.2 Å². The topological polar surface area (TPSA) is 111 Å². The van der Waals surface area contributed by atoms with Gasteiger partial charge in [-0.1, -0.05) is 12.1 Å². The molecule has 2 aromatic rings. The molecule has 0 saturated carbocycles. The first-order valence-corrected chi connectivity index (χ1v) is 13.7. The van der Waals surface area contributed by atoms with E-state index in [2.05, 4.69) is 37.6 Å². The molecular weight excluding hydrogens is 468 g/mol. The lowest BCUT2D eigenvalue weighted by Gasteiger charge is -2.22. The van der Waals surface area contributed by atoms with E-state index in [4.69, 9.17) is 4.98 Å². The van der Waals surface area contributed by atoms with Crippen molar-refractivity contribution in [3.05, 3.63) is 47.8 Å². The first kappa shape index (κ1) is 25.4. The molecule has 0 radical (unpaired) electrons. The van der Waals surface area contributed by atoms with Crippen LogP contribution >= 0.6 is 0 Å². The molecule has 3 N–H and O–H groups in total. The number of hydrogen-bond donors (Lipinski definition) is 3. The summed E-state index contributed by atoms with van der Waals surface area (Å²) in [5.41, 5.74) is 2.47. The average Bonchev–Trinajstić information content (AvgIpc) is 3.60. The van der Waals surface area contributed by atoms with Crippen LogP contribution in [0.1, 0.15) is 43.4 Å². The number of carboxylic acids is 1. The average molecular weight is 507 g/mol. The standard InChI is InChI=1S/C28H38N6O3/c35-27(22-11-17-34(19-22)25-5-1-2-13-29-25)32-24(28(36)37)12-16-33-15-10-20(18-33)6-8-23-9-7-21-4-3-14-30-26(21)31-23/h1-2,5,7,9,13,20,22,24H,3-4,6,8,10-12,14-19H2,(H,30,31)(H,32,35)(H,36,37). The van der Waals surface area contributed by atoms with Crippen molar-refractivity contribution in [1.82, 2.24) is 20.2 Å². The number of aliphatic carboxylic acids is 1. The van der Waals surface area contributed by atoms with Gasteiger partial charge in [-0.2, -0.15) is 0 Å². The Morgan fingerprint density at radius 1 is 1.16 bits per heavy atom. The van der Waals surface area contributed by atoms with Gasteiger partial charge in [0.2, 0.25) is 5.91 Å². The molecule has 9 heteroatoms. The minimum atomic E-state index is -0.962. The number of carboxylic acid groups (broad SMARTS) is 1. The minimum Gasteiger partial charge on any atom is -0.480 e. The van der Waals surface area contributed by atoms with E-state index in [1.54, 1.807) is 6.20 Å². The zero-order chi connectivity index (χ0) is 25.6. The number of carbonyl (C=O) groups excluding carboxylic acids is 1. The summed E-state index contributed by atoms with van der Waals surface area (Å²) in [4.78, 5) is 38.4. The van der Waals surface area contributed by atoms with Crippen LogP contribution in [-0.4, -0.2) is 77.2 Å². The van der Waals surface area contributed by atoms with E-state index in [1.165, 1.54) is 12.0 Å². The molecule has 5 heterocycles. The second-order valence-electron chi connectivity index (χ2n) is 10.6. The highest BCUT2D eigenvalue weighted by molar-refractivity contribution is 5.85. The number of aromatic nitrogens is 2. The van der Waals surface area contributed by atoms with E-state index in [9.17, 15) is 14.7 Å². The quantitative estimate of drug-likeness (QED) is 0.451. The summed E-state index contributed by atoms with van der Waals surface area (Å²) in [5.74, 6) is 1.16. The lowest BCUT2D eigenvalue weighted by Crippen LogP contribution is -2.45. The third-order valence-electron chi connectivity index (χ3n) is 8.01. The maximum atomic E-state index is 12.8. The number of anilines is 2. The van der Waals surface area contributed by atoms with Crippen LogP contribution in [0.4, 0.5) is 11.6 Å². The van der Waals surface area contributed by atoms with Crippen LogP contribution in [0, 0.1) is 11.8 Å². The normalized spacial score (nSPS) is 22.3. The van der Waals surface area contributed by atoms with Crippen molar-refractivity contribution in [2.75, 3.05) is 49.5 Å². The van der Waals surface area contributed by atoms with Crippen molar-refractivity contribution in [2.24, 2.45) is 11.8 Å². The SMILES string of the molecule is O=C(NC(CCN1CCC(CCc2ccc3c(n2)NCCC3)C1)C(=O)O)C1CCN(c2ccccn2)C1. The number of rotatable bonds is 10. The molecule has 3 aliphatic heterocycles. The van der Waals surface area contributed by atoms with Crippen LogP contribution in [0.2, 0.25) is 0 Å². The van der Waals surface area contributed by atoms with Gasteiger partial charge < -0.3 is 25.5 Å². The number of aryl methyl sites for hydroxylation is 2. The van der Waals surface area contributed by atoms with Gasteiger partial charge in [-0.25, -0.2) is 14.8 Å². The first-order chi connectivity index (χ1) is 18.0. The predicted molar refractivity (Wildman–Crippen MR) is 143 cm³/mol. The van der Waals surface area contributed by atoms with E-state index in [0.717, 1.165) is 69.2 Å². The molecule has 9 nitrogen and oxygen atoms in total. The molecule has 37 heavy (non-hydrogen) atoms. The lowest BCUT2D eigenvalue weighted by molar-refractivity contribution is -0.142. The molecule has 198 valence electrons. The van der Waals surface area contributed by atoms with Crippen molar-refractivity contribution in [1.29, 1.82) is 0 Å². The van der Waals surface area contributed by atoms with Gasteiger partial charge in [-0.05, 0) is 81.2 Å². The van der Waals surface area contributed by atoms with Crippen molar-refractivity contribution >= 4 is 23.5 Å². The number of fused-ring (bicyclic) bond motifs is 1. The maximum absolute atomic E-state index is 12.8. The van der Waals surface area contributed by atoms with Gasteiger partial charge in [-0.15, -0.1) is 0 Å². The Bertz CT molecular complexity index is 1080. The smallest absolute Gasteiger partial charge is 0.326 e. The summed E-state index contributed by atoms with van der Waals surface area (Å²) in [6, 6.07) is 9.26. The molecule has 2 saturated heterocycles. The molecule has 5 rings (SSSR count). The van der Waals surface area contributed by atoms with E-state index in [0.29, 0.717) is 31.8 Å². The predicted octanol–water partition coefficient (Wildman–Crippen LogP) is 2.58. The van der Waals surface area contributed by atoms with Gasteiger partial charge >= 0.3 is 5.97 Å². The van der Waals surface area contributed by atoms with Crippen molar-refractivity contribution in [2.45, 2.75) is 51.0 Å². The second kappa shape index (κ2) is 11.9. The Labute approximate surface area is 218 Å². The number of likely N-dealkylation sites (tertiary alicyclic amines) is 1. The van der Waals surface area contributed by atoms with E-state index >= 15 is 0 Å². The Morgan fingerprint density at radius 2 is 2.08 bits per heavy atom. The minimum absolute atomic E-state index is 0.169. The van der Waals surface area contributed by atoms with E-state index in [-0.39, 0.29) is 11.8 Å². The number of pyridine rings is 2. The molecular formula is C28H38N6O3. The number of nitrogens with one attached hydrogen (secondary N) is 2. The van der Waals surface area contributed by atoms with Gasteiger partial charge in [-0.3, -0.25) is 4.79 Å². The van der Waals surface area contributed by atoms with Gasteiger partial charge in [0, 0.05) is 44.6 Å². The van der Waals surface area contributed by atoms with Crippen LogP contribution in [0.25, 0.3) is 0 Å². The molecule has 3 unspecified atom stereocenters. The largest absolute Gasteiger partial charge is 0.480 e. The third kappa shape index (κ3) is 6.57. The van der Waals surface area contributed by atoms with Crippen LogP contribution in [0.15, 0.2) is 36.5 Å². The molecule has 2 fully saturated rings. The fraction of sp³-hybridized carbons (Fsp3) is 0.571. The summed E-state index contributed by atoms with van der Waals surface area (Å²) in [6.45, 7) is 4.96. The number of hydrogen-bond acceptors (Lipinski definition) is 7. The van der Waals surface area contributed by atoms with Crippen LogP contribution in [-0.2, 0) is 22.4 Å². The summed E-state index contributed by atoms with van der Waals surface area (Å²) in [5, 5.41) is 16.0. The summed E-state index contributed by atoms with van der Waals surface area (Å²) in [7, 11) is 0. The monoisotopic (exact) mass is 506 g/mol. The lowest BCUT2D eigenvalue weighted by atomic mass is 10.00.